The summed E-state index contributed by atoms with van der Waals surface area (Å²) in [4.78, 5) is 26.3. The number of amides is 1. The van der Waals surface area contributed by atoms with E-state index in [1.807, 2.05) is 48.5 Å². The molecule has 3 aromatic rings. The molecule has 0 unspecified atom stereocenters. The Morgan fingerprint density at radius 3 is 1.97 bits per heavy atom. The number of fused-ring (bicyclic) bond motifs is 3. The average molecular weight is 423 g/mol. The number of benzene rings is 3. The number of carboxylic acids is 1. The second-order valence-corrected chi connectivity index (χ2v) is 7.29. The largest absolute Gasteiger partial charge is 0.480 e. The third-order valence-corrected chi connectivity index (χ3v) is 5.44. The summed E-state index contributed by atoms with van der Waals surface area (Å²) in [5, 5.41) is 10.0. The number of aliphatic carboxylic acids is 1. The molecule has 1 aliphatic carbocycles. The molecule has 1 N–H and O–H groups in total. The molecule has 0 fully saturated rings. The van der Waals surface area contributed by atoms with Crippen LogP contribution in [0.3, 0.4) is 0 Å². The van der Waals surface area contributed by atoms with E-state index in [1.54, 1.807) is 0 Å². The number of halogens is 2. The van der Waals surface area contributed by atoms with E-state index in [4.69, 9.17) is 4.74 Å². The molecule has 0 spiro atoms. The normalized spacial score (nSPS) is 13.3. The monoisotopic (exact) mass is 423 g/mol. The summed E-state index contributed by atoms with van der Waals surface area (Å²) in [6.45, 7) is 0. The van der Waals surface area contributed by atoms with E-state index < -0.39 is 35.8 Å². The van der Waals surface area contributed by atoms with Crippen molar-refractivity contribution < 1.29 is 28.2 Å². The second kappa shape index (κ2) is 8.18. The van der Waals surface area contributed by atoms with Crippen molar-refractivity contribution in [3.63, 3.8) is 0 Å². The van der Waals surface area contributed by atoms with E-state index in [2.05, 4.69) is 0 Å². The highest BCUT2D eigenvalue weighted by Gasteiger charge is 2.42. The number of hydrogen-bond donors (Lipinski definition) is 1. The summed E-state index contributed by atoms with van der Waals surface area (Å²) in [6, 6.07) is 15.5. The van der Waals surface area contributed by atoms with Gasteiger partial charge in [-0.25, -0.2) is 18.4 Å². The molecule has 158 valence electrons. The molecule has 1 amide bonds. The summed E-state index contributed by atoms with van der Waals surface area (Å²) in [5.74, 6) is -2.95. The Labute approximate surface area is 177 Å². The van der Waals surface area contributed by atoms with Gasteiger partial charge in [0.05, 0.1) is 13.2 Å². The summed E-state index contributed by atoms with van der Waals surface area (Å²) in [7, 11) is 1.17. The third kappa shape index (κ3) is 3.74. The maximum atomic E-state index is 13.7. The maximum Gasteiger partial charge on any atom is 0.411 e. The first-order chi connectivity index (χ1) is 14.9. The number of ether oxygens (including phenoxy) is 1. The van der Waals surface area contributed by atoms with Gasteiger partial charge in [0.15, 0.2) is 0 Å². The lowest BCUT2D eigenvalue weighted by molar-refractivity contribution is -0.143. The van der Waals surface area contributed by atoms with Gasteiger partial charge in [-0.1, -0.05) is 48.5 Å². The summed E-state index contributed by atoms with van der Waals surface area (Å²) < 4.78 is 32.4. The molecule has 31 heavy (non-hydrogen) atoms. The minimum absolute atomic E-state index is 0.123. The Morgan fingerprint density at radius 1 is 0.968 bits per heavy atom. The van der Waals surface area contributed by atoms with Gasteiger partial charge in [-0.2, -0.15) is 0 Å². The van der Waals surface area contributed by atoms with Crippen LogP contribution in [0.25, 0.3) is 11.1 Å². The Kier molecular flexibility index (Phi) is 5.42. The molecule has 0 radical (unpaired) electrons. The summed E-state index contributed by atoms with van der Waals surface area (Å²) >= 11 is 0. The fraction of sp³-hybridized carbons (Fsp3) is 0.167. The third-order valence-electron chi connectivity index (χ3n) is 5.44. The highest BCUT2D eigenvalue weighted by Crippen LogP contribution is 2.47. The van der Waals surface area contributed by atoms with Crippen molar-refractivity contribution in [3.05, 3.63) is 95.1 Å². The van der Waals surface area contributed by atoms with Crippen molar-refractivity contribution in [3.8, 4) is 11.1 Å². The summed E-state index contributed by atoms with van der Waals surface area (Å²) in [5.41, 5.74) is 3.41. The van der Waals surface area contributed by atoms with E-state index in [1.165, 1.54) is 7.11 Å². The minimum Gasteiger partial charge on any atom is -0.480 e. The van der Waals surface area contributed by atoms with Gasteiger partial charge in [0.1, 0.15) is 17.7 Å². The zero-order valence-electron chi connectivity index (χ0n) is 16.6. The van der Waals surface area contributed by atoms with Crippen LogP contribution in [0.2, 0.25) is 0 Å². The molecule has 0 saturated heterocycles. The van der Waals surface area contributed by atoms with Gasteiger partial charge < -0.3 is 9.84 Å². The van der Waals surface area contributed by atoms with Crippen molar-refractivity contribution in [2.45, 2.75) is 18.5 Å². The molecule has 0 saturated carbocycles. The smallest absolute Gasteiger partial charge is 0.411 e. The number of rotatable bonds is 5. The first-order valence-electron chi connectivity index (χ1n) is 9.63. The number of carbonyl (C=O) groups is 2. The molecule has 5 nitrogen and oxygen atoms in total. The molecule has 3 aromatic carbocycles. The highest BCUT2D eigenvalue weighted by atomic mass is 19.1. The Morgan fingerprint density at radius 2 is 1.48 bits per heavy atom. The van der Waals surface area contributed by atoms with Crippen LogP contribution in [0.4, 0.5) is 13.6 Å². The number of carbonyl (C=O) groups excluding carboxylic acids is 1. The summed E-state index contributed by atoms with van der Waals surface area (Å²) in [6.07, 6.45) is -1.14. The number of carboxylic acid groups (broad SMARTS) is 1. The van der Waals surface area contributed by atoms with E-state index >= 15 is 0 Å². The predicted octanol–water partition coefficient (Wildman–Crippen LogP) is 4.80. The van der Waals surface area contributed by atoms with Crippen molar-refractivity contribution in [1.29, 1.82) is 0 Å². The van der Waals surface area contributed by atoms with Crippen LogP contribution in [0, 0.1) is 11.6 Å². The molecule has 0 heterocycles. The molecule has 0 bridgehead atoms. The average Bonchev–Trinajstić information content (AvgIpc) is 3.07. The predicted molar refractivity (Wildman–Crippen MR) is 109 cm³/mol. The first kappa shape index (κ1) is 20.5. The van der Waals surface area contributed by atoms with Gasteiger partial charge in [0.2, 0.25) is 0 Å². The zero-order valence-corrected chi connectivity index (χ0v) is 16.6. The highest BCUT2D eigenvalue weighted by molar-refractivity contribution is 5.85. The number of hydrogen-bond acceptors (Lipinski definition) is 3. The first-order valence-corrected chi connectivity index (χ1v) is 9.63. The van der Waals surface area contributed by atoms with Crippen LogP contribution in [0.15, 0.2) is 66.7 Å². The van der Waals surface area contributed by atoms with Crippen molar-refractivity contribution in [1.82, 2.24) is 4.90 Å². The van der Waals surface area contributed by atoms with Crippen LogP contribution in [0.1, 0.15) is 22.7 Å². The van der Waals surface area contributed by atoms with Gasteiger partial charge in [0, 0.05) is 12.5 Å². The van der Waals surface area contributed by atoms with Crippen LogP contribution < -0.4 is 0 Å². The van der Waals surface area contributed by atoms with Crippen LogP contribution >= 0.6 is 0 Å². The van der Waals surface area contributed by atoms with Crippen LogP contribution in [-0.4, -0.2) is 35.2 Å². The molecular weight excluding hydrogens is 404 g/mol. The Balaban J connectivity index is 1.84. The van der Waals surface area contributed by atoms with Gasteiger partial charge >= 0.3 is 12.1 Å². The standard InChI is InChI=1S/C24H19F2NO4/c1-31-24(30)27(21(23(28)29)12-14-10-15(25)13-16(26)11-14)22-19-8-4-2-6-17(19)18-7-3-5-9-20(18)22/h2-11,13,21-22H,12H2,1H3,(H,28,29)/t21-/m0/s1. The van der Waals surface area contributed by atoms with E-state index in [9.17, 15) is 23.5 Å². The lowest BCUT2D eigenvalue weighted by atomic mass is 9.98. The zero-order chi connectivity index (χ0) is 22.1. The topological polar surface area (TPSA) is 66.8 Å². The minimum atomic E-state index is -1.42. The lowest BCUT2D eigenvalue weighted by Gasteiger charge is -2.34. The fourth-order valence-corrected chi connectivity index (χ4v) is 4.20. The lowest BCUT2D eigenvalue weighted by Crippen LogP contribution is -2.48. The Bertz CT molecular complexity index is 1100. The molecule has 7 heteroatoms. The molecule has 0 aliphatic heterocycles. The van der Waals surface area contributed by atoms with Gasteiger partial charge in [-0.05, 0) is 39.9 Å². The van der Waals surface area contributed by atoms with Gasteiger partial charge in [-0.15, -0.1) is 0 Å². The van der Waals surface area contributed by atoms with E-state index in [-0.39, 0.29) is 12.0 Å². The van der Waals surface area contributed by atoms with Crippen LogP contribution in [0.5, 0.6) is 0 Å². The van der Waals surface area contributed by atoms with E-state index in [0.717, 1.165) is 39.3 Å². The molecular formula is C24H19F2NO4. The van der Waals surface area contributed by atoms with Crippen molar-refractivity contribution >= 4 is 12.1 Å². The van der Waals surface area contributed by atoms with Crippen LogP contribution in [-0.2, 0) is 16.0 Å². The Hall–Kier alpha value is -3.74. The molecule has 1 aliphatic rings. The number of nitrogens with zero attached hydrogens (tertiary/aromatic N) is 1. The van der Waals surface area contributed by atoms with Crippen molar-refractivity contribution in [2.24, 2.45) is 0 Å². The number of methoxy groups -OCH3 is 1. The van der Waals surface area contributed by atoms with E-state index in [0.29, 0.717) is 6.07 Å². The molecule has 0 aromatic heterocycles. The van der Waals surface area contributed by atoms with Crippen molar-refractivity contribution in [2.75, 3.05) is 7.11 Å². The van der Waals surface area contributed by atoms with Gasteiger partial charge in [0.25, 0.3) is 0 Å². The molecule has 4 rings (SSSR count). The quantitative estimate of drug-likeness (QED) is 0.640. The fourth-order valence-electron chi connectivity index (χ4n) is 4.20. The van der Waals surface area contributed by atoms with Gasteiger partial charge in [-0.3, -0.25) is 4.90 Å². The molecule has 1 atom stereocenters. The second-order valence-electron chi connectivity index (χ2n) is 7.29. The maximum absolute atomic E-state index is 13.7. The SMILES string of the molecule is COC(=O)N(C1c2ccccc2-c2ccccc21)[C@@H](Cc1cc(F)cc(F)c1)C(=O)O.